The van der Waals surface area contributed by atoms with Crippen molar-refractivity contribution in [2.45, 2.75) is 11.8 Å². The van der Waals surface area contributed by atoms with Crippen LogP contribution in [0, 0.1) is 5.82 Å². The van der Waals surface area contributed by atoms with E-state index in [2.05, 4.69) is 5.32 Å². The van der Waals surface area contributed by atoms with Crippen LogP contribution in [0.15, 0.2) is 48.5 Å². The van der Waals surface area contributed by atoms with Crippen molar-refractivity contribution in [2.24, 2.45) is 0 Å². The average Bonchev–Trinajstić information content (AvgIpc) is 2.57. The highest BCUT2D eigenvalue weighted by atomic mass is 35.5. The Kier molecular flexibility index (Phi) is 6.82. The highest BCUT2D eigenvalue weighted by Gasteiger charge is 2.33. The Bertz CT molecular complexity index is 816. The second kappa shape index (κ2) is 8.47. The van der Waals surface area contributed by atoms with Crippen LogP contribution in [0.5, 0.6) is 0 Å². The number of rotatable bonds is 4. The van der Waals surface area contributed by atoms with Gasteiger partial charge in [-0.25, -0.2) is 12.8 Å². The van der Waals surface area contributed by atoms with Crippen molar-refractivity contribution in [1.29, 1.82) is 0 Å². The van der Waals surface area contributed by atoms with Gasteiger partial charge in [0.2, 0.25) is 10.0 Å². The normalized spacial score (nSPS) is 18.6. The molecule has 1 aliphatic rings. The molecule has 0 aromatic heterocycles. The van der Waals surface area contributed by atoms with E-state index in [0.717, 1.165) is 5.56 Å². The summed E-state index contributed by atoms with van der Waals surface area (Å²) in [5, 5.41) is 3.81. The van der Waals surface area contributed by atoms with Crippen molar-refractivity contribution < 1.29 is 12.8 Å². The fourth-order valence-corrected chi connectivity index (χ4v) is 4.82. The van der Waals surface area contributed by atoms with E-state index >= 15 is 0 Å². The molecule has 25 heavy (non-hydrogen) atoms. The largest absolute Gasteiger partial charge is 0.313 e. The zero-order valence-corrected chi connectivity index (χ0v) is 15.7. The molecule has 1 aliphatic heterocycles. The van der Waals surface area contributed by atoms with E-state index in [-0.39, 0.29) is 30.0 Å². The number of hydrogen-bond acceptors (Lipinski definition) is 3. The molecule has 0 amide bonds. The van der Waals surface area contributed by atoms with Gasteiger partial charge in [0.05, 0.1) is 11.8 Å². The first-order valence-electron chi connectivity index (χ1n) is 7.66. The van der Waals surface area contributed by atoms with E-state index in [1.165, 1.54) is 28.6 Å². The summed E-state index contributed by atoms with van der Waals surface area (Å²) in [5.41, 5.74) is 1.43. The maximum atomic E-state index is 13.0. The molecule has 1 saturated heterocycles. The predicted octanol–water partition coefficient (Wildman–Crippen LogP) is 3.38. The quantitative estimate of drug-likeness (QED) is 0.849. The first-order valence-corrected chi connectivity index (χ1v) is 9.64. The minimum Gasteiger partial charge on any atom is -0.313 e. The van der Waals surface area contributed by atoms with Crippen LogP contribution in [0.3, 0.4) is 0 Å². The summed E-state index contributed by atoms with van der Waals surface area (Å²) < 4.78 is 40.3. The smallest absolute Gasteiger partial charge is 0.218 e. The Morgan fingerprint density at radius 3 is 2.60 bits per heavy atom. The van der Waals surface area contributed by atoms with Crippen molar-refractivity contribution in [3.05, 3.63) is 70.5 Å². The molecular weight excluding hydrogens is 386 g/mol. The zero-order valence-electron chi connectivity index (χ0n) is 13.4. The van der Waals surface area contributed by atoms with Gasteiger partial charge in [0.1, 0.15) is 5.82 Å². The van der Waals surface area contributed by atoms with Gasteiger partial charge < -0.3 is 5.32 Å². The van der Waals surface area contributed by atoms with Crippen LogP contribution in [-0.4, -0.2) is 32.4 Å². The van der Waals surface area contributed by atoms with E-state index in [0.29, 0.717) is 30.2 Å². The number of nitrogens with zero attached hydrogens (tertiary/aromatic N) is 1. The van der Waals surface area contributed by atoms with Gasteiger partial charge in [-0.2, -0.15) is 4.31 Å². The molecule has 1 atom stereocenters. The molecule has 1 heterocycles. The summed E-state index contributed by atoms with van der Waals surface area (Å²) in [6, 6.07) is 12.5. The molecule has 2 aromatic carbocycles. The molecule has 3 rings (SSSR count). The minimum atomic E-state index is -3.53. The zero-order chi connectivity index (χ0) is 17.2. The van der Waals surface area contributed by atoms with Gasteiger partial charge in [0.15, 0.2) is 0 Å². The van der Waals surface area contributed by atoms with Crippen molar-refractivity contribution in [2.75, 3.05) is 19.6 Å². The van der Waals surface area contributed by atoms with E-state index in [9.17, 15) is 12.8 Å². The van der Waals surface area contributed by atoms with Crippen LogP contribution in [-0.2, 0) is 15.8 Å². The first-order chi connectivity index (χ1) is 11.5. The summed E-state index contributed by atoms with van der Waals surface area (Å²) in [5.74, 6) is -0.528. The maximum absolute atomic E-state index is 13.0. The number of hydrogen-bond donors (Lipinski definition) is 1. The van der Waals surface area contributed by atoms with Gasteiger partial charge in [-0.05, 0) is 35.4 Å². The number of halogens is 3. The van der Waals surface area contributed by atoms with Gasteiger partial charge in [-0.15, -0.1) is 12.4 Å². The monoisotopic (exact) mass is 404 g/mol. The van der Waals surface area contributed by atoms with Crippen LogP contribution in [0.2, 0.25) is 5.02 Å². The lowest BCUT2D eigenvalue weighted by atomic mass is 10.1. The Morgan fingerprint density at radius 1 is 1.20 bits per heavy atom. The molecule has 136 valence electrons. The topological polar surface area (TPSA) is 49.4 Å². The highest BCUT2D eigenvalue weighted by Crippen LogP contribution is 2.28. The Balaban J connectivity index is 0.00000225. The van der Waals surface area contributed by atoms with E-state index in [1.54, 1.807) is 12.1 Å². The average molecular weight is 405 g/mol. The molecule has 1 unspecified atom stereocenters. The lowest BCUT2D eigenvalue weighted by Crippen LogP contribution is -2.48. The third-order valence-corrected chi connectivity index (χ3v) is 6.13. The summed E-state index contributed by atoms with van der Waals surface area (Å²) in [7, 11) is -3.53. The van der Waals surface area contributed by atoms with Gasteiger partial charge >= 0.3 is 0 Å². The van der Waals surface area contributed by atoms with Crippen LogP contribution < -0.4 is 5.32 Å². The summed E-state index contributed by atoms with van der Waals surface area (Å²) in [4.78, 5) is 0. The second-order valence-electron chi connectivity index (χ2n) is 5.77. The molecule has 2 aromatic rings. The molecule has 0 radical (unpaired) electrons. The van der Waals surface area contributed by atoms with Crippen molar-refractivity contribution >= 4 is 34.0 Å². The Labute approximate surface area is 158 Å². The third-order valence-electron chi connectivity index (χ3n) is 4.05. The van der Waals surface area contributed by atoms with Crippen molar-refractivity contribution in [1.82, 2.24) is 9.62 Å². The van der Waals surface area contributed by atoms with E-state index in [4.69, 9.17) is 11.6 Å². The highest BCUT2D eigenvalue weighted by molar-refractivity contribution is 7.88. The maximum Gasteiger partial charge on any atom is 0.218 e. The summed E-state index contributed by atoms with van der Waals surface area (Å²) in [6.45, 7) is 1.52. The van der Waals surface area contributed by atoms with E-state index < -0.39 is 10.0 Å². The van der Waals surface area contributed by atoms with Crippen molar-refractivity contribution in [3.63, 3.8) is 0 Å². The van der Waals surface area contributed by atoms with Crippen LogP contribution in [0.1, 0.15) is 17.2 Å². The molecular formula is C17H19Cl2FN2O2S. The Morgan fingerprint density at radius 2 is 1.92 bits per heavy atom. The summed E-state index contributed by atoms with van der Waals surface area (Å²) >= 11 is 6.05. The number of piperazine rings is 1. The molecule has 0 bridgehead atoms. The third kappa shape index (κ3) is 4.92. The number of sulfonamides is 1. The molecule has 8 heteroatoms. The molecule has 1 N–H and O–H groups in total. The fourth-order valence-electron chi connectivity index (χ4n) is 2.89. The second-order valence-corrected chi connectivity index (χ2v) is 8.13. The van der Waals surface area contributed by atoms with Crippen molar-refractivity contribution in [3.8, 4) is 0 Å². The molecule has 1 fully saturated rings. The predicted molar refractivity (Wildman–Crippen MR) is 100 cm³/mol. The summed E-state index contributed by atoms with van der Waals surface area (Å²) in [6.07, 6.45) is 0. The fraction of sp³-hybridized carbons (Fsp3) is 0.294. The van der Waals surface area contributed by atoms with Gasteiger partial charge in [-0.3, -0.25) is 0 Å². The van der Waals surface area contributed by atoms with Gasteiger partial charge in [0.25, 0.3) is 0 Å². The van der Waals surface area contributed by atoms with Gasteiger partial charge in [-0.1, -0.05) is 35.9 Å². The molecule has 0 aliphatic carbocycles. The molecule has 0 spiro atoms. The first kappa shape index (κ1) is 20.1. The Hall–Kier alpha value is -1.18. The standard InChI is InChI=1S/C17H18ClFN2O2S.ClH/c18-15-3-1-2-14(10-15)17-11-20-8-9-21(17)24(22,23)12-13-4-6-16(19)7-5-13;/h1-7,10,17,20H,8-9,11-12H2;1H. The number of benzene rings is 2. The van der Waals surface area contributed by atoms with Crippen LogP contribution in [0.4, 0.5) is 4.39 Å². The lowest BCUT2D eigenvalue weighted by molar-refractivity contribution is 0.271. The molecule has 4 nitrogen and oxygen atoms in total. The van der Waals surface area contributed by atoms with Crippen LogP contribution in [0.25, 0.3) is 0 Å². The number of nitrogens with one attached hydrogen (secondary N) is 1. The lowest BCUT2D eigenvalue weighted by Gasteiger charge is -2.35. The minimum absolute atomic E-state index is 0. The SMILES string of the molecule is Cl.O=S(=O)(Cc1ccc(F)cc1)N1CCNCC1c1cccc(Cl)c1. The molecule has 0 saturated carbocycles. The van der Waals surface area contributed by atoms with Crippen LogP contribution >= 0.6 is 24.0 Å². The van der Waals surface area contributed by atoms with E-state index in [1.807, 2.05) is 12.1 Å². The van der Waals surface area contributed by atoms with Gasteiger partial charge in [0, 0.05) is 24.7 Å².